The van der Waals surface area contributed by atoms with Crippen molar-refractivity contribution in [1.82, 2.24) is 20.0 Å². The molecule has 39 heavy (non-hydrogen) atoms. The number of fused-ring (bicyclic) bond motifs is 1. The van der Waals surface area contributed by atoms with Crippen LogP contribution in [0.5, 0.6) is 11.5 Å². The van der Waals surface area contributed by atoms with Crippen LogP contribution < -0.4 is 14.8 Å². The quantitative estimate of drug-likeness (QED) is 0.466. The maximum absolute atomic E-state index is 14.3. The fourth-order valence-corrected chi connectivity index (χ4v) is 5.69. The van der Waals surface area contributed by atoms with E-state index in [9.17, 15) is 9.59 Å². The maximum atomic E-state index is 14.3. The van der Waals surface area contributed by atoms with E-state index in [-0.39, 0.29) is 24.5 Å². The normalized spacial score (nSPS) is 17.9. The third kappa shape index (κ3) is 6.10. The monoisotopic (exact) mass is 530 g/mol. The summed E-state index contributed by atoms with van der Waals surface area (Å²) in [4.78, 5) is 30.0. The van der Waals surface area contributed by atoms with Gasteiger partial charge in [-0.1, -0.05) is 55.7 Å². The fraction of sp³-hybridized carbons (Fsp3) is 0.452. The first-order chi connectivity index (χ1) is 18.9. The number of ether oxygens (including phenoxy) is 2. The average molecular weight is 531 g/mol. The highest BCUT2D eigenvalue weighted by molar-refractivity contribution is 5.91. The molecule has 2 heterocycles. The predicted octanol–water partition coefficient (Wildman–Crippen LogP) is 4.44. The third-order valence-corrected chi connectivity index (χ3v) is 7.81. The smallest absolute Gasteiger partial charge is 0.268 e. The summed E-state index contributed by atoms with van der Waals surface area (Å²) < 4.78 is 13.7. The molecule has 0 radical (unpaired) electrons. The van der Waals surface area contributed by atoms with Crippen LogP contribution in [-0.2, 0) is 23.1 Å². The van der Waals surface area contributed by atoms with Gasteiger partial charge in [0.1, 0.15) is 12.6 Å². The molecule has 206 valence electrons. The van der Waals surface area contributed by atoms with Crippen molar-refractivity contribution in [1.29, 1.82) is 0 Å². The zero-order valence-electron chi connectivity index (χ0n) is 23.1. The number of benzene rings is 2. The van der Waals surface area contributed by atoms with E-state index in [2.05, 4.69) is 29.5 Å². The van der Waals surface area contributed by atoms with Crippen molar-refractivity contribution in [3.8, 4) is 11.5 Å². The first-order valence-electron chi connectivity index (χ1n) is 13.9. The van der Waals surface area contributed by atoms with Crippen molar-refractivity contribution in [3.05, 3.63) is 77.1 Å². The molecule has 2 aromatic carbocycles. The van der Waals surface area contributed by atoms with Gasteiger partial charge in [0.25, 0.3) is 5.91 Å². The fourth-order valence-electron chi connectivity index (χ4n) is 5.69. The molecule has 1 fully saturated rings. The summed E-state index contributed by atoms with van der Waals surface area (Å²) in [6.07, 6.45) is 6.90. The molecule has 3 aromatic rings. The van der Waals surface area contributed by atoms with E-state index in [0.29, 0.717) is 24.5 Å². The molecular weight excluding hydrogens is 492 g/mol. The number of carbonyl (C=O) groups excluding carboxylic acids is 2. The van der Waals surface area contributed by atoms with Gasteiger partial charge in [0.15, 0.2) is 11.5 Å². The minimum atomic E-state index is -0.862. The van der Waals surface area contributed by atoms with Gasteiger partial charge in [-0.3, -0.25) is 14.3 Å². The second kappa shape index (κ2) is 11.9. The van der Waals surface area contributed by atoms with Gasteiger partial charge >= 0.3 is 0 Å². The molecule has 1 aromatic heterocycles. The van der Waals surface area contributed by atoms with Gasteiger partial charge in [0, 0.05) is 31.4 Å². The zero-order chi connectivity index (χ0) is 27.4. The molecular formula is C31H38N4O4. The van der Waals surface area contributed by atoms with Gasteiger partial charge in [-0.15, -0.1) is 0 Å². The number of hydrogen-bond donors (Lipinski definition) is 1. The van der Waals surface area contributed by atoms with Crippen molar-refractivity contribution in [3.63, 3.8) is 0 Å². The lowest BCUT2D eigenvalue weighted by atomic mass is 9.94. The molecule has 1 saturated carbocycles. The number of carbonyl (C=O) groups is 2. The van der Waals surface area contributed by atoms with Crippen molar-refractivity contribution >= 4 is 11.8 Å². The number of amides is 2. The SMILES string of the molecule is Cc1ccccc1CCN(C(=O)C1COc2ccccc2O1)C(C(=O)NC1CCCCC1)c1cn(C)nc1C. The molecule has 2 aliphatic rings. The van der Waals surface area contributed by atoms with Crippen molar-refractivity contribution in [2.24, 2.45) is 7.05 Å². The second-order valence-corrected chi connectivity index (χ2v) is 10.7. The van der Waals surface area contributed by atoms with E-state index in [1.165, 1.54) is 6.42 Å². The number of nitrogens with zero attached hydrogens (tertiary/aromatic N) is 3. The topological polar surface area (TPSA) is 85.7 Å². The molecule has 2 unspecified atom stereocenters. The van der Waals surface area contributed by atoms with Crippen LogP contribution in [0.1, 0.15) is 60.5 Å². The summed E-state index contributed by atoms with van der Waals surface area (Å²) in [7, 11) is 1.83. The molecule has 1 N–H and O–H groups in total. The summed E-state index contributed by atoms with van der Waals surface area (Å²) in [6, 6.07) is 14.8. The van der Waals surface area contributed by atoms with E-state index in [1.807, 2.05) is 50.5 Å². The van der Waals surface area contributed by atoms with Crippen LogP contribution in [-0.4, -0.2) is 51.8 Å². The van der Waals surface area contributed by atoms with Crippen LogP contribution in [0, 0.1) is 13.8 Å². The number of rotatable bonds is 8. The Morgan fingerprint density at radius 2 is 1.77 bits per heavy atom. The Morgan fingerprint density at radius 1 is 1.05 bits per heavy atom. The van der Waals surface area contributed by atoms with Crippen LogP contribution in [0.15, 0.2) is 54.7 Å². The number of hydrogen-bond acceptors (Lipinski definition) is 5. The number of aromatic nitrogens is 2. The molecule has 8 nitrogen and oxygen atoms in total. The minimum absolute atomic E-state index is 0.0830. The number of para-hydroxylation sites is 2. The van der Waals surface area contributed by atoms with Crippen molar-refractivity contribution in [2.75, 3.05) is 13.2 Å². The Hall–Kier alpha value is -3.81. The Kier molecular flexibility index (Phi) is 8.19. The van der Waals surface area contributed by atoms with Crippen LogP contribution in [0.2, 0.25) is 0 Å². The molecule has 2 atom stereocenters. The summed E-state index contributed by atoms with van der Waals surface area (Å²) in [5, 5.41) is 7.80. The number of nitrogens with one attached hydrogen (secondary N) is 1. The Bertz CT molecular complexity index is 1310. The molecule has 1 aliphatic heterocycles. The van der Waals surface area contributed by atoms with Crippen LogP contribution in [0.4, 0.5) is 0 Å². The standard InChI is InChI=1S/C31H38N4O4/c1-21-11-7-8-12-23(21)17-18-35(31(37)28-20-38-26-15-9-10-16-27(26)39-28)29(25-19-34(3)33-22(25)2)30(36)32-24-13-5-4-6-14-24/h7-12,15-16,19,24,28-29H,4-6,13-14,17-18,20H2,1-3H3,(H,32,36). The first kappa shape index (κ1) is 26.8. The Morgan fingerprint density at radius 3 is 2.49 bits per heavy atom. The minimum Gasteiger partial charge on any atom is -0.485 e. The van der Waals surface area contributed by atoms with Gasteiger partial charge in [-0.2, -0.15) is 5.10 Å². The molecule has 1 aliphatic carbocycles. The van der Waals surface area contributed by atoms with Gasteiger partial charge in [0.05, 0.1) is 5.69 Å². The molecule has 2 amide bonds. The maximum Gasteiger partial charge on any atom is 0.268 e. The molecule has 5 rings (SSSR count). The van der Waals surface area contributed by atoms with E-state index < -0.39 is 12.1 Å². The van der Waals surface area contributed by atoms with Gasteiger partial charge in [0.2, 0.25) is 12.0 Å². The summed E-state index contributed by atoms with van der Waals surface area (Å²) >= 11 is 0. The van der Waals surface area contributed by atoms with Crippen LogP contribution >= 0.6 is 0 Å². The Balaban J connectivity index is 1.49. The second-order valence-electron chi connectivity index (χ2n) is 10.7. The lowest BCUT2D eigenvalue weighted by Gasteiger charge is -2.36. The van der Waals surface area contributed by atoms with Gasteiger partial charge < -0.3 is 19.7 Å². The average Bonchev–Trinajstić information content (AvgIpc) is 3.28. The molecule has 0 bridgehead atoms. The highest BCUT2D eigenvalue weighted by atomic mass is 16.6. The molecule has 0 saturated heterocycles. The van der Waals surface area contributed by atoms with Crippen LogP contribution in [0.25, 0.3) is 0 Å². The highest BCUT2D eigenvalue weighted by Crippen LogP contribution is 2.33. The lowest BCUT2D eigenvalue weighted by Crippen LogP contribution is -2.53. The number of aryl methyl sites for hydroxylation is 3. The van der Waals surface area contributed by atoms with E-state index >= 15 is 0 Å². The van der Waals surface area contributed by atoms with Crippen LogP contribution in [0.3, 0.4) is 0 Å². The van der Waals surface area contributed by atoms with Gasteiger partial charge in [-0.05, 0) is 56.4 Å². The van der Waals surface area contributed by atoms with E-state index in [1.54, 1.807) is 15.6 Å². The zero-order valence-corrected chi connectivity index (χ0v) is 23.1. The summed E-state index contributed by atoms with van der Waals surface area (Å²) in [5.41, 5.74) is 3.73. The highest BCUT2D eigenvalue weighted by Gasteiger charge is 2.39. The van der Waals surface area contributed by atoms with Gasteiger partial charge in [-0.25, -0.2) is 0 Å². The third-order valence-electron chi connectivity index (χ3n) is 7.81. The molecule has 0 spiro atoms. The van der Waals surface area contributed by atoms with Crippen molar-refractivity contribution in [2.45, 2.75) is 70.6 Å². The largest absolute Gasteiger partial charge is 0.485 e. The Labute approximate surface area is 230 Å². The molecule has 8 heteroatoms. The van der Waals surface area contributed by atoms with E-state index in [4.69, 9.17) is 9.47 Å². The summed E-state index contributed by atoms with van der Waals surface area (Å²) in [5.74, 6) is 0.697. The lowest BCUT2D eigenvalue weighted by molar-refractivity contribution is -0.148. The van der Waals surface area contributed by atoms with E-state index in [0.717, 1.165) is 48.1 Å². The summed E-state index contributed by atoms with van der Waals surface area (Å²) in [6.45, 7) is 4.38. The predicted molar refractivity (Wildman–Crippen MR) is 149 cm³/mol. The first-order valence-corrected chi connectivity index (χ1v) is 13.9. The van der Waals surface area contributed by atoms with Crippen molar-refractivity contribution < 1.29 is 19.1 Å².